The number of hydrogen-bond acceptors (Lipinski definition) is 1. The first-order chi connectivity index (χ1) is 12.8. The van der Waals surface area contributed by atoms with Crippen LogP contribution in [0, 0.1) is 0 Å². The highest BCUT2D eigenvalue weighted by Gasteiger charge is 2.03. The molecule has 3 aromatic rings. The van der Waals surface area contributed by atoms with Crippen LogP contribution >= 0.6 is 0 Å². The Labute approximate surface area is 158 Å². The molecule has 1 nitrogen and oxygen atoms in total. The maximum Gasteiger partial charge on any atom is 0.0702 e. The van der Waals surface area contributed by atoms with Crippen LogP contribution in [-0.2, 0) is 12.8 Å². The molecule has 1 heteroatoms. The summed E-state index contributed by atoms with van der Waals surface area (Å²) in [5, 5.41) is 0. The molecule has 3 rings (SSSR count). The molecule has 1 heterocycles. The van der Waals surface area contributed by atoms with E-state index in [0.29, 0.717) is 0 Å². The van der Waals surface area contributed by atoms with Crippen molar-refractivity contribution in [3.05, 3.63) is 78.0 Å². The van der Waals surface area contributed by atoms with Crippen LogP contribution in [0.2, 0.25) is 0 Å². The number of rotatable bonds is 8. The second-order valence-electron chi connectivity index (χ2n) is 7.03. The van der Waals surface area contributed by atoms with E-state index in [9.17, 15) is 0 Å². The van der Waals surface area contributed by atoms with Gasteiger partial charge in [0.25, 0.3) is 0 Å². The van der Waals surface area contributed by atoms with Gasteiger partial charge in [0.2, 0.25) is 0 Å². The van der Waals surface area contributed by atoms with E-state index in [2.05, 4.69) is 79.5 Å². The van der Waals surface area contributed by atoms with Crippen molar-refractivity contribution in [1.82, 2.24) is 4.98 Å². The Bertz CT molecular complexity index is 713. The van der Waals surface area contributed by atoms with Gasteiger partial charge in [0, 0.05) is 11.8 Å². The van der Waals surface area contributed by atoms with Crippen LogP contribution in [0.4, 0.5) is 0 Å². The van der Waals surface area contributed by atoms with Crippen molar-refractivity contribution in [2.45, 2.75) is 52.4 Å². The Balaban J connectivity index is 1.69. The fraction of sp³-hybridized carbons (Fsp3) is 0.320. The number of nitrogens with zero attached hydrogens (tertiary/aromatic N) is 1. The third-order valence-corrected chi connectivity index (χ3v) is 4.93. The highest BCUT2D eigenvalue weighted by molar-refractivity contribution is 5.69. The van der Waals surface area contributed by atoms with Crippen LogP contribution in [-0.4, -0.2) is 4.98 Å². The molecule has 0 atom stereocenters. The second kappa shape index (κ2) is 9.33. The smallest absolute Gasteiger partial charge is 0.0702 e. The van der Waals surface area contributed by atoms with Crippen LogP contribution < -0.4 is 0 Å². The summed E-state index contributed by atoms with van der Waals surface area (Å²) in [6.07, 6.45) is 9.28. The SMILES string of the molecule is CCCCc1ccc(-c2ccc(-c3ccc(CCCC)cn3)cc2)cc1. The summed E-state index contributed by atoms with van der Waals surface area (Å²) in [5.74, 6) is 0. The van der Waals surface area contributed by atoms with Crippen LogP contribution in [0.1, 0.15) is 50.7 Å². The monoisotopic (exact) mass is 343 g/mol. The van der Waals surface area contributed by atoms with E-state index in [1.165, 1.54) is 59.9 Å². The van der Waals surface area contributed by atoms with Gasteiger partial charge in [0.15, 0.2) is 0 Å². The molecule has 26 heavy (non-hydrogen) atoms. The van der Waals surface area contributed by atoms with Gasteiger partial charge in [-0.15, -0.1) is 0 Å². The lowest BCUT2D eigenvalue weighted by Crippen LogP contribution is -1.89. The molecule has 0 unspecified atom stereocenters. The molecule has 0 bridgehead atoms. The van der Waals surface area contributed by atoms with Crippen molar-refractivity contribution in [2.24, 2.45) is 0 Å². The molecule has 0 saturated heterocycles. The predicted octanol–water partition coefficient (Wildman–Crippen LogP) is 7.10. The van der Waals surface area contributed by atoms with Crippen molar-refractivity contribution in [1.29, 1.82) is 0 Å². The molecule has 0 saturated carbocycles. The van der Waals surface area contributed by atoms with E-state index in [1.807, 2.05) is 6.20 Å². The van der Waals surface area contributed by atoms with Gasteiger partial charge >= 0.3 is 0 Å². The largest absolute Gasteiger partial charge is 0.256 e. The molecule has 0 aliphatic rings. The van der Waals surface area contributed by atoms with Crippen LogP contribution in [0.5, 0.6) is 0 Å². The van der Waals surface area contributed by atoms with Gasteiger partial charge in [-0.25, -0.2) is 0 Å². The molecule has 134 valence electrons. The van der Waals surface area contributed by atoms with E-state index in [0.717, 1.165) is 12.1 Å². The van der Waals surface area contributed by atoms with Gasteiger partial charge in [0.05, 0.1) is 5.69 Å². The quantitative estimate of drug-likeness (QED) is 0.425. The van der Waals surface area contributed by atoms with Crippen molar-refractivity contribution in [3.8, 4) is 22.4 Å². The Morgan fingerprint density at radius 3 is 1.62 bits per heavy atom. The standard InChI is InChI=1S/C25H29N/c1-3-5-7-20-9-12-22(13-10-20)23-14-16-24(17-15-23)25-18-11-21(19-26-25)8-6-4-2/h9-19H,3-8H2,1-2H3. The zero-order chi connectivity index (χ0) is 18.2. The Hall–Kier alpha value is -2.41. The van der Waals surface area contributed by atoms with E-state index in [1.54, 1.807) is 0 Å². The number of hydrogen-bond donors (Lipinski definition) is 0. The Morgan fingerprint density at radius 1 is 0.577 bits per heavy atom. The number of aromatic nitrogens is 1. The molecule has 1 aromatic heterocycles. The van der Waals surface area contributed by atoms with Crippen molar-refractivity contribution in [2.75, 3.05) is 0 Å². The lowest BCUT2D eigenvalue weighted by Gasteiger charge is -2.07. The summed E-state index contributed by atoms with van der Waals surface area (Å²) >= 11 is 0. The number of benzene rings is 2. The van der Waals surface area contributed by atoms with E-state index >= 15 is 0 Å². The molecule has 0 amide bonds. The third-order valence-electron chi connectivity index (χ3n) is 4.93. The Kier molecular flexibility index (Phi) is 6.60. The molecule has 0 aliphatic carbocycles. The summed E-state index contributed by atoms with van der Waals surface area (Å²) in [4.78, 5) is 4.64. The van der Waals surface area contributed by atoms with E-state index < -0.39 is 0 Å². The van der Waals surface area contributed by atoms with Crippen molar-refractivity contribution >= 4 is 0 Å². The second-order valence-corrected chi connectivity index (χ2v) is 7.03. The van der Waals surface area contributed by atoms with Crippen molar-refractivity contribution < 1.29 is 0 Å². The van der Waals surface area contributed by atoms with E-state index in [-0.39, 0.29) is 0 Å². The molecule has 0 spiro atoms. The van der Waals surface area contributed by atoms with Gasteiger partial charge in [0.1, 0.15) is 0 Å². The summed E-state index contributed by atoms with van der Waals surface area (Å²) in [6.45, 7) is 4.46. The summed E-state index contributed by atoms with van der Waals surface area (Å²) in [6, 6.07) is 22.1. The highest BCUT2D eigenvalue weighted by Crippen LogP contribution is 2.24. The predicted molar refractivity (Wildman–Crippen MR) is 112 cm³/mol. The zero-order valence-corrected chi connectivity index (χ0v) is 16.0. The molecule has 0 radical (unpaired) electrons. The maximum atomic E-state index is 4.64. The highest BCUT2D eigenvalue weighted by atomic mass is 14.7. The first-order valence-corrected chi connectivity index (χ1v) is 9.95. The summed E-state index contributed by atoms with van der Waals surface area (Å²) < 4.78 is 0. The van der Waals surface area contributed by atoms with Gasteiger partial charge < -0.3 is 0 Å². The fourth-order valence-corrected chi connectivity index (χ4v) is 3.20. The minimum absolute atomic E-state index is 1.05. The normalized spacial score (nSPS) is 10.8. The third kappa shape index (κ3) is 4.82. The van der Waals surface area contributed by atoms with Crippen molar-refractivity contribution in [3.63, 3.8) is 0 Å². The first-order valence-electron chi connectivity index (χ1n) is 9.95. The average molecular weight is 344 g/mol. The minimum atomic E-state index is 1.05. The van der Waals surface area contributed by atoms with Gasteiger partial charge in [-0.05, 0) is 54.0 Å². The molecule has 2 aromatic carbocycles. The lowest BCUT2D eigenvalue weighted by atomic mass is 10.00. The minimum Gasteiger partial charge on any atom is -0.256 e. The Morgan fingerprint density at radius 2 is 1.08 bits per heavy atom. The maximum absolute atomic E-state index is 4.64. The number of pyridine rings is 1. The average Bonchev–Trinajstić information content (AvgIpc) is 2.72. The van der Waals surface area contributed by atoms with Crippen LogP contribution in [0.25, 0.3) is 22.4 Å². The van der Waals surface area contributed by atoms with Gasteiger partial charge in [-0.1, -0.05) is 81.3 Å². The fourth-order valence-electron chi connectivity index (χ4n) is 3.20. The molecule has 0 fully saturated rings. The number of aryl methyl sites for hydroxylation is 2. The lowest BCUT2D eigenvalue weighted by molar-refractivity contribution is 0.792. The molecule has 0 aliphatic heterocycles. The molecule has 0 N–H and O–H groups in total. The zero-order valence-electron chi connectivity index (χ0n) is 16.0. The molecular weight excluding hydrogens is 314 g/mol. The van der Waals surface area contributed by atoms with Crippen LogP contribution in [0.3, 0.4) is 0 Å². The van der Waals surface area contributed by atoms with Gasteiger partial charge in [-0.3, -0.25) is 4.98 Å². The topological polar surface area (TPSA) is 12.9 Å². The summed E-state index contributed by atoms with van der Waals surface area (Å²) in [5.41, 5.74) is 7.52. The number of unbranched alkanes of at least 4 members (excludes halogenated alkanes) is 2. The van der Waals surface area contributed by atoms with Gasteiger partial charge in [-0.2, -0.15) is 0 Å². The first kappa shape index (κ1) is 18.4. The molecular formula is C25H29N. The summed E-state index contributed by atoms with van der Waals surface area (Å²) in [7, 11) is 0. The van der Waals surface area contributed by atoms with Crippen LogP contribution in [0.15, 0.2) is 66.9 Å². The van der Waals surface area contributed by atoms with E-state index in [4.69, 9.17) is 0 Å².